The van der Waals surface area contributed by atoms with Gasteiger partial charge in [-0.15, -0.1) is 0 Å². The predicted octanol–water partition coefficient (Wildman–Crippen LogP) is 3.61. The fraction of sp³-hybridized carbons (Fsp3) is 0.0909. The zero-order valence-corrected chi connectivity index (χ0v) is 10.9. The van der Waals surface area contributed by atoms with Gasteiger partial charge in [-0.2, -0.15) is 0 Å². The van der Waals surface area contributed by atoms with E-state index in [9.17, 15) is 4.39 Å². The molecule has 0 radical (unpaired) electrons. The molecule has 1 aromatic carbocycles. The summed E-state index contributed by atoms with van der Waals surface area (Å²) in [4.78, 5) is 7.84. The van der Waals surface area contributed by atoms with E-state index in [-0.39, 0.29) is 12.4 Å². The van der Waals surface area contributed by atoms with Crippen LogP contribution in [-0.4, -0.2) is 9.97 Å². The number of nitrogens with zero attached hydrogens (tertiary/aromatic N) is 2. The van der Waals surface area contributed by atoms with Crippen LogP contribution >= 0.6 is 27.5 Å². The monoisotopic (exact) mass is 316 g/mol. The van der Waals surface area contributed by atoms with Crippen LogP contribution in [0.5, 0.6) is 5.75 Å². The smallest absolute Gasteiger partial charge is 0.166 e. The summed E-state index contributed by atoms with van der Waals surface area (Å²) in [6.45, 7) is 0.142. The molecular weight excluding hydrogens is 310 g/mol. The lowest BCUT2D eigenvalue weighted by Gasteiger charge is -2.06. The lowest BCUT2D eigenvalue weighted by Crippen LogP contribution is -2.00. The highest BCUT2D eigenvalue weighted by Gasteiger charge is 2.04. The van der Waals surface area contributed by atoms with Crippen LogP contribution in [0.15, 0.2) is 35.1 Å². The maximum Gasteiger partial charge on any atom is 0.166 e. The summed E-state index contributed by atoms with van der Waals surface area (Å²) in [6.07, 6.45) is 2.90. The molecule has 0 fully saturated rings. The summed E-state index contributed by atoms with van der Waals surface area (Å²) in [5.74, 6) is -0.258. The second-order valence-electron chi connectivity index (χ2n) is 3.19. The van der Waals surface area contributed by atoms with Crippen LogP contribution in [0, 0.1) is 5.82 Å². The Morgan fingerprint density at radius 1 is 1.29 bits per heavy atom. The summed E-state index contributed by atoms with van der Waals surface area (Å²) in [5, 5.41) is 0.309. The van der Waals surface area contributed by atoms with Crippen molar-refractivity contribution in [1.29, 1.82) is 0 Å². The van der Waals surface area contributed by atoms with E-state index < -0.39 is 5.82 Å². The van der Waals surface area contributed by atoms with Crippen LogP contribution in [0.4, 0.5) is 4.39 Å². The van der Waals surface area contributed by atoms with Crippen LogP contribution in [-0.2, 0) is 6.61 Å². The van der Waals surface area contributed by atoms with Gasteiger partial charge in [0.25, 0.3) is 0 Å². The topological polar surface area (TPSA) is 35.0 Å². The van der Waals surface area contributed by atoms with E-state index in [0.717, 1.165) is 0 Å². The number of aromatic nitrogens is 2. The van der Waals surface area contributed by atoms with Crippen LogP contribution in [0.3, 0.4) is 0 Å². The first-order valence-electron chi connectivity index (χ1n) is 4.69. The molecule has 0 atom stereocenters. The molecule has 0 spiro atoms. The molecule has 0 unspecified atom stereocenters. The highest BCUT2D eigenvalue weighted by Crippen LogP contribution is 2.22. The molecule has 88 valence electrons. The quantitative estimate of drug-likeness (QED) is 0.867. The van der Waals surface area contributed by atoms with Crippen molar-refractivity contribution in [3.8, 4) is 5.75 Å². The number of hydrogen-bond acceptors (Lipinski definition) is 3. The minimum absolute atomic E-state index is 0.142. The van der Waals surface area contributed by atoms with Gasteiger partial charge >= 0.3 is 0 Å². The molecule has 0 aliphatic carbocycles. The van der Waals surface area contributed by atoms with E-state index in [4.69, 9.17) is 16.3 Å². The van der Waals surface area contributed by atoms with Gasteiger partial charge in [-0.3, -0.25) is 4.98 Å². The molecule has 3 nitrogen and oxygen atoms in total. The van der Waals surface area contributed by atoms with Gasteiger partial charge in [0.2, 0.25) is 0 Å². The zero-order chi connectivity index (χ0) is 12.3. The van der Waals surface area contributed by atoms with Crippen molar-refractivity contribution in [2.45, 2.75) is 6.61 Å². The molecule has 2 rings (SSSR count). The Hall–Kier alpha value is -1.20. The minimum Gasteiger partial charge on any atom is -0.484 e. The SMILES string of the molecule is Fc1cc(Br)ccc1OCc1cnc(Cl)cn1. The molecule has 0 saturated heterocycles. The van der Waals surface area contributed by atoms with Crippen LogP contribution in [0.25, 0.3) is 0 Å². The van der Waals surface area contributed by atoms with Gasteiger partial charge in [0, 0.05) is 4.47 Å². The standard InChI is InChI=1S/C11H7BrClFN2O/c12-7-1-2-10(9(14)3-7)17-6-8-4-16-11(13)5-15-8/h1-5H,6H2. The molecule has 0 bridgehead atoms. The van der Waals surface area contributed by atoms with Crippen molar-refractivity contribution in [1.82, 2.24) is 9.97 Å². The van der Waals surface area contributed by atoms with E-state index in [1.165, 1.54) is 18.5 Å². The Morgan fingerprint density at radius 2 is 2.12 bits per heavy atom. The number of hydrogen-bond donors (Lipinski definition) is 0. The van der Waals surface area contributed by atoms with Gasteiger partial charge in [0.1, 0.15) is 11.8 Å². The van der Waals surface area contributed by atoms with Crippen molar-refractivity contribution < 1.29 is 9.13 Å². The fourth-order valence-corrected chi connectivity index (χ4v) is 1.59. The Kier molecular flexibility index (Phi) is 3.91. The predicted molar refractivity (Wildman–Crippen MR) is 65.5 cm³/mol. The normalized spacial score (nSPS) is 10.3. The second-order valence-corrected chi connectivity index (χ2v) is 4.50. The fourth-order valence-electron chi connectivity index (χ4n) is 1.16. The van der Waals surface area contributed by atoms with Crippen molar-refractivity contribution in [2.24, 2.45) is 0 Å². The van der Waals surface area contributed by atoms with Gasteiger partial charge in [-0.05, 0) is 18.2 Å². The maximum atomic E-state index is 13.4. The lowest BCUT2D eigenvalue weighted by atomic mass is 10.3. The molecule has 0 aliphatic rings. The molecule has 0 amide bonds. The van der Waals surface area contributed by atoms with E-state index in [0.29, 0.717) is 15.3 Å². The van der Waals surface area contributed by atoms with Gasteiger partial charge in [-0.25, -0.2) is 9.37 Å². The summed E-state index contributed by atoms with van der Waals surface area (Å²) in [5.41, 5.74) is 0.580. The summed E-state index contributed by atoms with van der Waals surface area (Å²) in [7, 11) is 0. The van der Waals surface area contributed by atoms with Crippen LogP contribution < -0.4 is 4.74 Å². The van der Waals surface area contributed by atoms with Gasteiger partial charge in [0.15, 0.2) is 11.6 Å². The first kappa shape index (κ1) is 12.3. The molecule has 0 N–H and O–H groups in total. The van der Waals surface area contributed by atoms with Crippen LogP contribution in [0.1, 0.15) is 5.69 Å². The molecule has 6 heteroatoms. The van der Waals surface area contributed by atoms with Gasteiger partial charge < -0.3 is 4.74 Å². The third-order valence-electron chi connectivity index (χ3n) is 1.94. The third kappa shape index (κ3) is 3.38. The van der Waals surface area contributed by atoms with Crippen molar-refractivity contribution in [3.63, 3.8) is 0 Å². The lowest BCUT2D eigenvalue weighted by molar-refractivity contribution is 0.285. The minimum atomic E-state index is -0.429. The van der Waals surface area contributed by atoms with Crippen molar-refractivity contribution in [2.75, 3.05) is 0 Å². The van der Waals surface area contributed by atoms with Crippen molar-refractivity contribution >= 4 is 27.5 Å². The zero-order valence-electron chi connectivity index (χ0n) is 8.53. The summed E-state index contributed by atoms with van der Waals surface area (Å²) < 4.78 is 19.3. The van der Waals surface area contributed by atoms with E-state index in [1.807, 2.05) is 0 Å². The van der Waals surface area contributed by atoms with E-state index in [2.05, 4.69) is 25.9 Å². The Balaban J connectivity index is 2.04. The second kappa shape index (κ2) is 5.42. The first-order chi connectivity index (χ1) is 8.15. The largest absolute Gasteiger partial charge is 0.484 e. The summed E-state index contributed by atoms with van der Waals surface area (Å²) >= 11 is 8.76. The number of benzene rings is 1. The number of halogens is 3. The molecule has 1 heterocycles. The molecule has 0 aliphatic heterocycles. The average Bonchev–Trinajstić information content (AvgIpc) is 2.30. The Morgan fingerprint density at radius 3 is 2.76 bits per heavy atom. The van der Waals surface area contributed by atoms with Crippen molar-refractivity contribution in [3.05, 3.63) is 51.7 Å². The van der Waals surface area contributed by atoms with E-state index >= 15 is 0 Å². The van der Waals surface area contributed by atoms with Gasteiger partial charge in [-0.1, -0.05) is 27.5 Å². The summed E-state index contributed by atoms with van der Waals surface area (Å²) in [6, 6.07) is 4.58. The highest BCUT2D eigenvalue weighted by atomic mass is 79.9. The molecule has 2 aromatic rings. The molecule has 0 saturated carbocycles. The Bertz CT molecular complexity index is 521. The number of rotatable bonds is 3. The van der Waals surface area contributed by atoms with Crippen LogP contribution in [0.2, 0.25) is 5.15 Å². The first-order valence-corrected chi connectivity index (χ1v) is 5.86. The van der Waals surface area contributed by atoms with Gasteiger partial charge in [0.05, 0.1) is 18.1 Å². The molecule has 1 aromatic heterocycles. The average molecular weight is 318 g/mol. The number of ether oxygens (including phenoxy) is 1. The van der Waals surface area contributed by atoms with E-state index in [1.54, 1.807) is 12.1 Å². The maximum absolute atomic E-state index is 13.4. The third-order valence-corrected chi connectivity index (χ3v) is 2.63. The Labute approximate surface area is 111 Å². The highest BCUT2D eigenvalue weighted by molar-refractivity contribution is 9.10. The molecular formula is C11H7BrClFN2O. The molecule has 17 heavy (non-hydrogen) atoms.